The summed E-state index contributed by atoms with van der Waals surface area (Å²) in [6.45, 7) is 2.19. The van der Waals surface area contributed by atoms with Crippen LogP contribution in [0.1, 0.15) is 42.7 Å². The molecule has 9 nitrogen and oxygen atoms in total. The van der Waals surface area contributed by atoms with Crippen molar-refractivity contribution in [3.05, 3.63) is 53.2 Å². The Morgan fingerprint density at radius 1 is 1.31 bits per heavy atom. The van der Waals surface area contributed by atoms with Crippen molar-refractivity contribution in [1.82, 2.24) is 14.9 Å². The molecule has 1 atom stereocenters. The topological polar surface area (TPSA) is 118 Å². The number of urea groups is 1. The van der Waals surface area contributed by atoms with Crippen LogP contribution in [0.5, 0.6) is 5.75 Å². The molecule has 2 N–H and O–H groups in total. The van der Waals surface area contributed by atoms with E-state index >= 15 is 0 Å². The Morgan fingerprint density at radius 3 is 2.78 bits per heavy atom. The van der Waals surface area contributed by atoms with Gasteiger partial charge in [-0.3, -0.25) is 10.1 Å². The summed E-state index contributed by atoms with van der Waals surface area (Å²) in [4.78, 5) is 24.2. The lowest BCUT2D eigenvalue weighted by molar-refractivity contribution is -0.118. The minimum atomic E-state index is -3.78. The van der Waals surface area contributed by atoms with Gasteiger partial charge in [0.2, 0.25) is 15.9 Å². The summed E-state index contributed by atoms with van der Waals surface area (Å²) in [7, 11) is -3.78. The normalized spacial score (nSPS) is 17.5. The second-order valence-electron chi connectivity index (χ2n) is 8.17. The molecule has 1 aromatic heterocycles. The number of carbonyl (C=O) groups excluding carboxylic acids is 2. The fourth-order valence-corrected chi connectivity index (χ4v) is 4.66. The summed E-state index contributed by atoms with van der Waals surface area (Å²) in [6, 6.07) is 4.71. The van der Waals surface area contributed by atoms with Gasteiger partial charge in [0.1, 0.15) is 18.1 Å². The number of ether oxygens (including phenoxy) is 1. The van der Waals surface area contributed by atoms with E-state index in [1.807, 2.05) is 0 Å². The lowest BCUT2D eigenvalue weighted by Gasteiger charge is -2.16. The predicted molar refractivity (Wildman–Crippen MR) is 111 cm³/mol. The highest BCUT2D eigenvalue weighted by molar-refractivity contribution is 7.88. The summed E-state index contributed by atoms with van der Waals surface area (Å²) in [5.41, 5.74) is 1.15. The number of benzene rings is 1. The van der Waals surface area contributed by atoms with Gasteiger partial charge in [-0.05, 0) is 49.4 Å². The number of halogens is 1. The van der Waals surface area contributed by atoms with Crippen LogP contribution in [0.3, 0.4) is 0 Å². The lowest BCUT2D eigenvalue weighted by Crippen LogP contribution is -2.28. The van der Waals surface area contributed by atoms with Gasteiger partial charge in [-0.1, -0.05) is 6.07 Å². The Hall–Kier alpha value is -2.92. The zero-order chi connectivity index (χ0) is 22.9. The van der Waals surface area contributed by atoms with Gasteiger partial charge in [0.15, 0.2) is 11.6 Å². The van der Waals surface area contributed by atoms with E-state index in [9.17, 15) is 22.4 Å². The van der Waals surface area contributed by atoms with Crippen LogP contribution < -0.4 is 14.8 Å². The summed E-state index contributed by atoms with van der Waals surface area (Å²) >= 11 is 0. The third-order valence-electron chi connectivity index (χ3n) is 5.26. The lowest BCUT2D eigenvalue weighted by atomic mass is 10.1. The molecule has 1 saturated carbocycles. The molecular formula is C21H24FN3O6S. The molecule has 0 spiro atoms. The van der Waals surface area contributed by atoms with Gasteiger partial charge in [0.25, 0.3) is 0 Å². The molecule has 4 rings (SSSR count). The summed E-state index contributed by atoms with van der Waals surface area (Å²) in [5.74, 6) is -0.511. The fraction of sp³-hybridized carbons (Fsp3) is 0.429. The number of nitrogens with one attached hydrogen (secondary N) is 2. The van der Waals surface area contributed by atoms with Crippen molar-refractivity contribution >= 4 is 22.0 Å². The number of rotatable bonds is 10. The molecule has 0 bridgehead atoms. The summed E-state index contributed by atoms with van der Waals surface area (Å²) in [6.07, 6.45) is 3.51. The molecule has 1 aliphatic heterocycles. The number of sulfonamides is 1. The van der Waals surface area contributed by atoms with Crippen molar-refractivity contribution < 1.29 is 31.6 Å². The number of imide groups is 1. The predicted octanol–water partition coefficient (Wildman–Crippen LogP) is 2.44. The highest BCUT2D eigenvalue weighted by Crippen LogP contribution is 2.31. The molecule has 2 aromatic rings. The first-order valence-electron chi connectivity index (χ1n) is 10.3. The highest BCUT2D eigenvalue weighted by atomic mass is 32.2. The Labute approximate surface area is 185 Å². The molecule has 11 heteroatoms. The van der Waals surface area contributed by atoms with Crippen molar-refractivity contribution in [3.63, 3.8) is 0 Å². The molecule has 2 heterocycles. The van der Waals surface area contributed by atoms with Gasteiger partial charge in [0.05, 0.1) is 19.4 Å². The molecule has 1 aromatic carbocycles. The van der Waals surface area contributed by atoms with Gasteiger partial charge in [0, 0.05) is 11.6 Å². The smallest absolute Gasteiger partial charge is 0.324 e. The SMILES string of the molecule is CC(NS(=O)(=O)Cc1cc(CN2CC(=O)NC2=O)co1)c1ccc(F)c(OCC2CC2)c1. The zero-order valence-corrected chi connectivity index (χ0v) is 18.3. The number of furan rings is 1. The molecule has 1 aliphatic carbocycles. The van der Waals surface area contributed by atoms with Crippen molar-refractivity contribution in [2.75, 3.05) is 13.2 Å². The van der Waals surface area contributed by atoms with Crippen molar-refractivity contribution in [1.29, 1.82) is 0 Å². The number of nitrogens with zero attached hydrogens (tertiary/aromatic N) is 1. The monoisotopic (exact) mass is 465 g/mol. The van der Waals surface area contributed by atoms with Gasteiger partial charge < -0.3 is 14.1 Å². The Balaban J connectivity index is 1.36. The largest absolute Gasteiger partial charge is 0.490 e. The van der Waals surface area contributed by atoms with Crippen molar-refractivity contribution in [3.8, 4) is 5.75 Å². The molecule has 0 radical (unpaired) electrons. The van der Waals surface area contributed by atoms with E-state index in [2.05, 4.69) is 10.0 Å². The van der Waals surface area contributed by atoms with Crippen LogP contribution in [-0.2, 0) is 27.1 Å². The van der Waals surface area contributed by atoms with Crippen molar-refractivity contribution in [2.45, 2.75) is 38.1 Å². The van der Waals surface area contributed by atoms with Crippen LogP contribution in [0.15, 0.2) is 34.9 Å². The molecule has 32 heavy (non-hydrogen) atoms. The maximum atomic E-state index is 14.0. The van der Waals surface area contributed by atoms with E-state index in [4.69, 9.17) is 9.15 Å². The van der Waals surface area contributed by atoms with E-state index < -0.39 is 33.7 Å². The fourth-order valence-electron chi connectivity index (χ4n) is 3.37. The Bertz CT molecular complexity index is 1130. The Morgan fingerprint density at radius 2 is 2.09 bits per heavy atom. The van der Waals surface area contributed by atoms with Crippen LogP contribution in [0.2, 0.25) is 0 Å². The van der Waals surface area contributed by atoms with Gasteiger partial charge in [-0.15, -0.1) is 0 Å². The molecule has 3 amide bonds. The number of hydrogen-bond acceptors (Lipinski definition) is 6. The van der Waals surface area contributed by atoms with E-state index in [-0.39, 0.29) is 30.5 Å². The zero-order valence-electron chi connectivity index (χ0n) is 17.5. The van der Waals surface area contributed by atoms with Crippen molar-refractivity contribution in [2.24, 2.45) is 5.92 Å². The number of carbonyl (C=O) groups is 2. The third-order valence-corrected chi connectivity index (χ3v) is 6.64. The summed E-state index contributed by atoms with van der Waals surface area (Å²) < 4.78 is 52.6. The number of amides is 3. The van der Waals surface area contributed by atoms with E-state index in [1.165, 1.54) is 35.4 Å². The third kappa shape index (κ3) is 5.65. The highest BCUT2D eigenvalue weighted by Gasteiger charge is 2.27. The van der Waals surface area contributed by atoms with Crippen LogP contribution in [0, 0.1) is 11.7 Å². The quantitative estimate of drug-likeness (QED) is 0.521. The van der Waals surface area contributed by atoms with Crippen LogP contribution in [0.25, 0.3) is 0 Å². The standard InChI is InChI=1S/C21H24FN3O6S/c1-13(16-4-5-18(22)19(7-16)31-10-14-2-3-14)24-32(28,29)12-17-6-15(11-30-17)8-25-9-20(26)23-21(25)27/h4-7,11,13-14,24H,2-3,8-10,12H2,1H3,(H,23,26,27). The van der Waals surface area contributed by atoms with Crippen LogP contribution in [-0.4, -0.2) is 38.4 Å². The molecule has 2 aliphatic rings. The molecule has 172 valence electrons. The van der Waals surface area contributed by atoms with E-state index in [0.717, 1.165) is 12.8 Å². The van der Waals surface area contributed by atoms with Gasteiger partial charge >= 0.3 is 6.03 Å². The number of hydrogen-bond donors (Lipinski definition) is 2. The second kappa shape index (κ2) is 8.91. The first kappa shape index (κ1) is 22.3. The average Bonchev–Trinajstić information content (AvgIpc) is 3.36. The second-order valence-corrected chi connectivity index (χ2v) is 9.93. The average molecular weight is 466 g/mol. The molecular weight excluding hydrogens is 441 g/mol. The maximum Gasteiger partial charge on any atom is 0.324 e. The van der Waals surface area contributed by atoms with Gasteiger partial charge in [-0.25, -0.2) is 22.3 Å². The molecule has 1 saturated heterocycles. The van der Waals surface area contributed by atoms with Crippen LogP contribution in [0.4, 0.5) is 9.18 Å². The molecule has 2 fully saturated rings. The Kier molecular flexibility index (Phi) is 6.20. The summed E-state index contributed by atoms with van der Waals surface area (Å²) in [5, 5.41) is 2.17. The van der Waals surface area contributed by atoms with E-state index in [1.54, 1.807) is 6.92 Å². The minimum Gasteiger partial charge on any atom is -0.490 e. The maximum absolute atomic E-state index is 14.0. The first-order valence-corrected chi connectivity index (χ1v) is 11.9. The molecule has 1 unspecified atom stereocenters. The van der Waals surface area contributed by atoms with Gasteiger partial charge in [-0.2, -0.15) is 0 Å². The van der Waals surface area contributed by atoms with Crippen LogP contribution >= 0.6 is 0 Å². The van der Waals surface area contributed by atoms with E-state index in [0.29, 0.717) is 23.7 Å². The minimum absolute atomic E-state index is 0.0548. The first-order chi connectivity index (χ1) is 15.2.